The van der Waals surface area contributed by atoms with Crippen molar-refractivity contribution < 1.29 is 5.11 Å². The third-order valence-corrected chi connectivity index (χ3v) is 2.56. The summed E-state index contributed by atoms with van der Waals surface area (Å²) in [6.07, 6.45) is 9.41. The lowest BCUT2D eigenvalue weighted by molar-refractivity contribution is 0.0600. The minimum absolute atomic E-state index is 0.470. The highest BCUT2D eigenvalue weighted by Gasteiger charge is 2.24. The van der Waals surface area contributed by atoms with Crippen LogP contribution in [0.1, 0.15) is 46.0 Å². The molecule has 1 unspecified atom stereocenters. The molecule has 0 bridgehead atoms. The molecule has 1 aliphatic rings. The summed E-state index contributed by atoms with van der Waals surface area (Å²) in [5.74, 6) is 0.698. The molecule has 1 aliphatic carbocycles. The lowest BCUT2D eigenvalue weighted by atomic mass is 9.85. The normalized spacial score (nSPS) is 29.7. The highest BCUT2D eigenvalue weighted by atomic mass is 16.3. The zero-order valence-electron chi connectivity index (χ0n) is 8.21. The third-order valence-electron chi connectivity index (χ3n) is 2.56. The molecule has 0 saturated carbocycles. The Morgan fingerprint density at radius 1 is 1.50 bits per heavy atom. The van der Waals surface area contributed by atoms with Crippen LogP contribution in [0, 0.1) is 5.92 Å². The second kappa shape index (κ2) is 4.08. The lowest BCUT2D eigenvalue weighted by Gasteiger charge is -2.28. The van der Waals surface area contributed by atoms with Crippen molar-refractivity contribution in [2.24, 2.45) is 5.92 Å². The zero-order valence-corrected chi connectivity index (χ0v) is 8.21. The molecular weight excluding hydrogens is 148 g/mol. The first-order valence-corrected chi connectivity index (χ1v) is 5.02. The van der Waals surface area contributed by atoms with Crippen molar-refractivity contribution in [2.45, 2.75) is 51.6 Å². The molecule has 0 amide bonds. The van der Waals surface area contributed by atoms with E-state index in [1.807, 2.05) is 6.08 Å². The summed E-state index contributed by atoms with van der Waals surface area (Å²) in [7, 11) is 0. The van der Waals surface area contributed by atoms with Gasteiger partial charge in [-0.3, -0.25) is 0 Å². The lowest BCUT2D eigenvalue weighted by Crippen LogP contribution is -2.27. The van der Waals surface area contributed by atoms with Gasteiger partial charge in [0, 0.05) is 0 Å². The maximum Gasteiger partial charge on any atom is 0.0827 e. The van der Waals surface area contributed by atoms with Gasteiger partial charge in [-0.25, -0.2) is 0 Å². The first kappa shape index (κ1) is 9.79. The Labute approximate surface area is 75.5 Å². The fraction of sp³-hybridized carbons (Fsp3) is 0.818. The molecule has 0 aromatic heterocycles. The van der Waals surface area contributed by atoms with E-state index in [1.165, 1.54) is 0 Å². The van der Waals surface area contributed by atoms with Gasteiger partial charge in [0.1, 0.15) is 0 Å². The average Bonchev–Trinajstić information content (AvgIpc) is 2.03. The largest absolute Gasteiger partial charge is 0.386 e. The summed E-state index contributed by atoms with van der Waals surface area (Å²) in [6, 6.07) is 0. The van der Waals surface area contributed by atoms with Crippen molar-refractivity contribution in [1.82, 2.24) is 0 Å². The Morgan fingerprint density at radius 2 is 2.25 bits per heavy atom. The van der Waals surface area contributed by atoms with Gasteiger partial charge >= 0.3 is 0 Å². The van der Waals surface area contributed by atoms with E-state index in [2.05, 4.69) is 19.9 Å². The Kier molecular flexibility index (Phi) is 3.33. The molecule has 1 N–H and O–H groups in total. The average molecular weight is 168 g/mol. The summed E-state index contributed by atoms with van der Waals surface area (Å²) >= 11 is 0. The van der Waals surface area contributed by atoms with Gasteiger partial charge in [0.2, 0.25) is 0 Å². The van der Waals surface area contributed by atoms with Gasteiger partial charge in [0.25, 0.3) is 0 Å². The fourth-order valence-electron chi connectivity index (χ4n) is 1.66. The summed E-state index contributed by atoms with van der Waals surface area (Å²) < 4.78 is 0. The van der Waals surface area contributed by atoms with Gasteiger partial charge in [0.15, 0.2) is 0 Å². The third kappa shape index (κ3) is 2.98. The van der Waals surface area contributed by atoms with Gasteiger partial charge in [-0.1, -0.05) is 26.0 Å². The van der Waals surface area contributed by atoms with Crippen LogP contribution < -0.4 is 0 Å². The molecule has 0 saturated heterocycles. The van der Waals surface area contributed by atoms with Crippen LogP contribution in [-0.2, 0) is 0 Å². The van der Waals surface area contributed by atoms with E-state index in [4.69, 9.17) is 0 Å². The van der Waals surface area contributed by atoms with Crippen molar-refractivity contribution in [2.75, 3.05) is 0 Å². The number of aliphatic hydroxyl groups is 1. The van der Waals surface area contributed by atoms with E-state index >= 15 is 0 Å². The molecule has 1 heteroatoms. The van der Waals surface area contributed by atoms with Crippen LogP contribution in [0.15, 0.2) is 12.2 Å². The molecule has 1 nitrogen and oxygen atoms in total. The number of allylic oxidation sites excluding steroid dienone is 1. The molecule has 12 heavy (non-hydrogen) atoms. The van der Waals surface area contributed by atoms with Gasteiger partial charge in [-0.15, -0.1) is 0 Å². The van der Waals surface area contributed by atoms with Crippen LogP contribution in [0.25, 0.3) is 0 Å². The van der Waals surface area contributed by atoms with Crippen molar-refractivity contribution in [3.8, 4) is 0 Å². The van der Waals surface area contributed by atoms with Crippen LogP contribution in [0.3, 0.4) is 0 Å². The molecule has 0 heterocycles. The molecule has 1 atom stereocenters. The maximum absolute atomic E-state index is 10.0. The Bertz CT molecular complexity index is 160. The van der Waals surface area contributed by atoms with Crippen LogP contribution >= 0.6 is 0 Å². The maximum atomic E-state index is 10.0. The summed E-state index contributed by atoms with van der Waals surface area (Å²) in [4.78, 5) is 0. The van der Waals surface area contributed by atoms with Crippen molar-refractivity contribution in [1.29, 1.82) is 0 Å². The van der Waals surface area contributed by atoms with E-state index in [-0.39, 0.29) is 0 Å². The topological polar surface area (TPSA) is 20.2 Å². The molecule has 0 aromatic carbocycles. The molecule has 0 aromatic rings. The van der Waals surface area contributed by atoms with Crippen LogP contribution in [0.4, 0.5) is 0 Å². The first-order chi connectivity index (χ1) is 5.62. The second-order valence-corrected chi connectivity index (χ2v) is 4.33. The Balaban J connectivity index is 2.37. The minimum atomic E-state index is -0.470. The molecule has 1 rings (SSSR count). The van der Waals surface area contributed by atoms with E-state index in [9.17, 15) is 5.11 Å². The molecule has 70 valence electrons. The molecule has 0 aliphatic heterocycles. The smallest absolute Gasteiger partial charge is 0.0827 e. The fourth-order valence-corrected chi connectivity index (χ4v) is 1.66. The van der Waals surface area contributed by atoms with Gasteiger partial charge in [0.05, 0.1) is 5.60 Å². The monoisotopic (exact) mass is 168 g/mol. The van der Waals surface area contributed by atoms with Crippen LogP contribution in [0.5, 0.6) is 0 Å². The predicted molar refractivity (Wildman–Crippen MR) is 52.0 cm³/mol. The van der Waals surface area contributed by atoms with Crippen LogP contribution in [-0.4, -0.2) is 10.7 Å². The SMILES string of the molecule is CC(C)CCC1(O)C=CCCC1. The zero-order chi connectivity index (χ0) is 9.03. The van der Waals surface area contributed by atoms with Crippen molar-refractivity contribution in [3.63, 3.8) is 0 Å². The number of rotatable bonds is 3. The number of hydrogen-bond donors (Lipinski definition) is 1. The van der Waals surface area contributed by atoms with Crippen molar-refractivity contribution >= 4 is 0 Å². The van der Waals surface area contributed by atoms with E-state index in [0.29, 0.717) is 5.92 Å². The molecular formula is C11H20O. The summed E-state index contributed by atoms with van der Waals surface area (Å²) in [5.41, 5.74) is -0.470. The first-order valence-electron chi connectivity index (χ1n) is 5.02. The van der Waals surface area contributed by atoms with Crippen molar-refractivity contribution in [3.05, 3.63) is 12.2 Å². The van der Waals surface area contributed by atoms with E-state index in [1.54, 1.807) is 0 Å². The predicted octanol–water partition coefficient (Wildman–Crippen LogP) is 2.89. The van der Waals surface area contributed by atoms with Gasteiger partial charge in [-0.05, 0) is 38.0 Å². The minimum Gasteiger partial charge on any atom is -0.386 e. The van der Waals surface area contributed by atoms with Gasteiger partial charge in [-0.2, -0.15) is 0 Å². The molecule has 0 spiro atoms. The number of hydrogen-bond acceptors (Lipinski definition) is 1. The Morgan fingerprint density at radius 3 is 2.75 bits per heavy atom. The quantitative estimate of drug-likeness (QED) is 0.642. The van der Waals surface area contributed by atoms with E-state index in [0.717, 1.165) is 32.1 Å². The van der Waals surface area contributed by atoms with Gasteiger partial charge < -0.3 is 5.11 Å². The van der Waals surface area contributed by atoms with Crippen LogP contribution in [0.2, 0.25) is 0 Å². The summed E-state index contributed by atoms with van der Waals surface area (Å²) in [5, 5.41) is 10.0. The second-order valence-electron chi connectivity index (χ2n) is 4.33. The highest BCUT2D eigenvalue weighted by molar-refractivity contribution is 5.04. The summed E-state index contributed by atoms with van der Waals surface area (Å²) in [6.45, 7) is 4.41. The Hall–Kier alpha value is -0.300. The standard InChI is InChI=1S/C11H20O/c1-10(2)6-9-11(12)7-4-3-5-8-11/h4,7,10,12H,3,5-6,8-9H2,1-2H3. The molecule has 0 fully saturated rings. The molecule has 0 radical (unpaired) electrons. The van der Waals surface area contributed by atoms with E-state index < -0.39 is 5.60 Å². The highest BCUT2D eigenvalue weighted by Crippen LogP contribution is 2.27.